The Morgan fingerprint density at radius 3 is 2.39 bits per heavy atom. The smallest absolute Gasteiger partial charge is 0.248 e. The van der Waals surface area contributed by atoms with Gasteiger partial charge in [0.2, 0.25) is 17.7 Å². The normalized spacial score (nSPS) is 25.4. The molecule has 1 saturated heterocycles. The SMILES string of the molecule is C=C(NC(C)C(=O)N1CCCC1C(=O)N1C(O)C=CC(=C)C1C(C)C)C(C)NC(C)=O. The van der Waals surface area contributed by atoms with Gasteiger partial charge in [0.15, 0.2) is 0 Å². The second kappa shape index (κ2) is 10.1. The van der Waals surface area contributed by atoms with Gasteiger partial charge in [-0.05, 0) is 44.3 Å². The van der Waals surface area contributed by atoms with Crippen LogP contribution in [0.5, 0.6) is 0 Å². The third-order valence-corrected chi connectivity index (χ3v) is 5.87. The minimum absolute atomic E-state index is 0.0702. The minimum atomic E-state index is -1.04. The fraction of sp³-hybridized carbons (Fsp3) is 0.609. The van der Waals surface area contributed by atoms with E-state index in [-0.39, 0.29) is 35.7 Å². The van der Waals surface area contributed by atoms with Crippen LogP contribution in [0.15, 0.2) is 36.6 Å². The minimum Gasteiger partial charge on any atom is -0.376 e. The van der Waals surface area contributed by atoms with E-state index < -0.39 is 18.3 Å². The topological polar surface area (TPSA) is 102 Å². The van der Waals surface area contributed by atoms with Gasteiger partial charge in [0.1, 0.15) is 18.3 Å². The zero-order chi connectivity index (χ0) is 23.5. The first-order chi connectivity index (χ1) is 14.5. The Morgan fingerprint density at radius 2 is 1.81 bits per heavy atom. The van der Waals surface area contributed by atoms with Crippen LogP contribution >= 0.6 is 0 Å². The molecular formula is C23H36N4O4. The number of hydrogen-bond donors (Lipinski definition) is 3. The molecule has 8 heteroatoms. The van der Waals surface area contributed by atoms with Crippen molar-refractivity contribution < 1.29 is 19.5 Å². The van der Waals surface area contributed by atoms with E-state index in [9.17, 15) is 19.5 Å². The summed E-state index contributed by atoms with van der Waals surface area (Å²) in [5.74, 6) is -0.593. The first-order valence-electron chi connectivity index (χ1n) is 10.9. The van der Waals surface area contributed by atoms with Crippen LogP contribution in [-0.2, 0) is 14.4 Å². The average Bonchev–Trinajstić information content (AvgIpc) is 3.17. The molecule has 2 rings (SSSR count). The largest absolute Gasteiger partial charge is 0.376 e. The van der Waals surface area contributed by atoms with Crippen molar-refractivity contribution in [2.24, 2.45) is 5.92 Å². The molecule has 8 nitrogen and oxygen atoms in total. The van der Waals surface area contributed by atoms with E-state index >= 15 is 0 Å². The number of amides is 3. The molecule has 2 aliphatic heterocycles. The molecule has 5 unspecified atom stereocenters. The van der Waals surface area contributed by atoms with E-state index in [2.05, 4.69) is 23.8 Å². The zero-order valence-electron chi connectivity index (χ0n) is 19.2. The lowest BCUT2D eigenvalue weighted by atomic mass is 9.91. The molecule has 0 bridgehead atoms. The van der Waals surface area contributed by atoms with E-state index in [4.69, 9.17) is 0 Å². The summed E-state index contributed by atoms with van der Waals surface area (Å²) in [6, 6.07) is -1.90. The maximum Gasteiger partial charge on any atom is 0.248 e. The lowest BCUT2D eigenvalue weighted by Crippen LogP contribution is -2.58. The maximum absolute atomic E-state index is 13.5. The van der Waals surface area contributed by atoms with Crippen LogP contribution < -0.4 is 10.6 Å². The third-order valence-electron chi connectivity index (χ3n) is 5.87. The summed E-state index contributed by atoms with van der Waals surface area (Å²) in [7, 11) is 0. The van der Waals surface area contributed by atoms with Crippen LogP contribution in [0.2, 0.25) is 0 Å². The predicted molar refractivity (Wildman–Crippen MR) is 120 cm³/mol. The molecular weight excluding hydrogens is 396 g/mol. The molecule has 0 aromatic heterocycles. The summed E-state index contributed by atoms with van der Waals surface area (Å²) in [5.41, 5.74) is 1.29. The number of hydrogen-bond acceptors (Lipinski definition) is 5. The Morgan fingerprint density at radius 1 is 1.16 bits per heavy atom. The molecule has 0 radical (unpaired) electrons. The molecule has 0 aromatic rings. The molecule has 5 atom stereocenters. The van der Waals surface area contributed by atoms with E-state index in [1.54, 1.807) is 30.9 Å². The molecule has 3 N–H and O–H groups in total. The molecule has 31 heavy (non-hydrogen) atoms. The molecule has 1 fully saturated rings. The van der Waals surface area contributed by atoms with Gasteiger partial charge in [0, 0.05) is 19.2 Å². The number of nitrogens with zero attached hydrogens (tertiary/aromatic N) is 2. The van der Waals surface area contributed by atoms with Gasteiger partial charge in [-0.15, -0.1) is 0 Å². The van der Waals surface area contributed by atoms with Crippen molar-refractivity contribution in [2.45, 2.75) is 77.9 Å². The lowest BCUT2D eigenvalue weighted by molar-refractivity contribution is -0.152. The maximum atomic E-state index is 13.5. The Balaban J connectivity index is 2.14. The van der Waals surface area contributed by atoms with Crippen LogP contribution in [0.1, 0.15) is 47.5 Å². The van der Waals surface area contributed by atoms with Crippen molar-refractivity contribution in [3.8, 4) is 0 Å². The number of nitrogens with one attached hydrogen (secondary N) is 2. The summed E-state index contributed by atoms with van der Waals surface area (Å²) in [6.45, 7) is 17.3. The number of carbonyl (C=O) groups excluding carboxylic acids is 3. The fourth-order valence-electron chi connectivity index (χ4n) is 4.33. The van der Waals surface area contributed by atoms with Gasteiger partial charge in [-0.3, -0.25) is 14.4 Å². The number of likely N-dealkylation sites (tertiary alicyclic amines) is 1. The van der Waals surface area contributed by atoms with Crippen LogP contribution in [0.3, 0.4) is 0 Å². The number of carbonyl (C=O) groups is 3. The van der Waals surface area contributed by atoms with Crippen LogP contribution in [0, 0.1) is 5.92 Å². The average molecular weight is 433 g/mol. The van der Waals surface area contributed by atoms with Gasteiger partial charge < -0.3 is 25.5 Å². The molecule has 0 aromatic carbocycles. The van der Waals surface area contributed by atoms with Crippen molar-refractivity contribution in [3.63, 3.8) is 0 Å². The Kier molecular flexibility index (Phi) is 8.06. The Labute approximate surface area is 185 Å². The van der Waals surface area contributed by atoms with Crippen molar-refractivity contribution in [2.75, 3.05) is 6.54 Å². The lowest BCUT2D eigenvalue weighted by Gasteiger charge is -2.42. The van der Waals surface area contributed by atoms with Crippen molar-refractivity contribution >= 4 is 17.7 Å². The van der Waals surface area contributed by atoms with E-state index in [0.29, 0.717) is 25.1 Å². The third kappa shape index (κ3) is 5.55. The highest BCUT2D eigenvalue weighted by atomic mass is 16.3. The Bertz CT molecular complexity index is 776. The first kappa shape index (κ1) is 24.7. The number of aliphatic hydroxyl groups excluding tert-OH is 1. The fourth-order valence-corrected chi connectivity index (χ4v) is 4.33. The highest BCUT2D eigenvalue weighted by Gasteiger charge is 2.43. The van der Waals surface area contributed by atoms with Gasteiger partial charge >= 0.3 is 0 Å². The van der Waals surface area contributed by atoms with E-state index in [0.717, 1.165) is 5.57 Å². The monoisotopic (exact) mass is 432 g/mol. The molecule has 2 heterocycles. The summed E-state index contributed by atoms with van der Waals surface area (Å²) >= 11 is 0. The first-order valence-corrected chi connectivity index (χ1v) is 10.9. The molecule has 2 aliphatic rings. The van der Waals surface area contributed by atoms with Gasteiger partial charge in [-0.1, -0.05) is 33.1 Å². The second-order valence-corrected chi connectivity index (χ2v) is 8.79. The van der Waals surface area contributed by atoms with E-state index in [1.165, 1.54) is 11.8 Å². The highest BCUT2D eigenvalue weighted by molar-refractivity contribution is 5.91. The number of aliphatic hydroxyl groups is 1. The van der Waals surface area contributed by atoms with Crippen LogP contribution in [0.4, 0.5) is 0 Å². The second-order valence-electron chi connectivity index (χ2n) is 8.79. The molecule has 172 valence electrons. The molecule has 0 aliphatic carbocycles. The predicted octanol–water partition coefficient (Wildman–Crippen LogP) is 1.29. The van der Waals surface area contributed by atoms with Gasteiger partial charge in [-0.25, -0.2) is 0 Å². The van der Waals surface area contributed by atoms with Crippen molar-refractivity contribution in [1.82, 2.24) is 20.4 Å². The highest BCUT2D eigenvalue weighted by Crippen LogP contribution is 2.29. The molecule has 0 spiro atoms. The summed E-state index contributed by atoms with van der Waals surface area (Å²) in [4.78, 5) is 40.9. The summed E-state index contributed by atoms with van der Waals surface area (Å²) < 4.78 is 0. The standard InChI is InChI=1S/C23H36N4O4/c1-13(2)21-14(3)10-11-20(29)27(21)23(31)19-9-8-12-26(19)22(30)17(6)24-15(4)16(5)25-18(7)28/h10-11,13,16-17,19-21,24,29H,3-4,8-9,12H2,1-2,5-7H3,(H,25,28). The summed E-state index contributed by atoms with van der Waals surface area (Å²) in [5, 5.41) is 16.3. The molecule has 0 saturated carbocycles. The summed E-state index contributed by atoms with van der Waals surface area (Å²) in [6.07, 6.45) is 3.52. The van der Waals surface area contributed by atoms with Crippen LogP contribution in [0.25, 0.3) is 0 Å². The van der Waals surface area contributed by atoms with Gasteiger partial charge in [0.05, 0.1) is 12.1 Å². The Hall–Kier alpha value is -2.61. The van der Waals surface area contributed by atoms with Crippen LogP contribution in [-0.4, -0.2) is 69.6 Å². The quantitative estimate of drug-likeness (QED) is 0.563. The van der Waals surface area contributed by atoms with Gasteiger partial charge in [0.25, 0.3) is 0 Å². The number of rotatable bonds is 7. The molecule has 3 amide bonds. The van der Waals surface area contributed by atoms with E-state index in [1.807, 2.05) is 13.8 Å². The van der Waals surface area contributed by atoms with Gasteiger partial charge in [-0.2, -0.15) is 0 Å². The zero-order valence-corrected chi connectivity index (χ0v) is 19.2. The van der Waals surface area contributed by atoms with Crippen molar-refractivity contribution in [1.29, 1.82) is 0 Å². The van der Waals surface area contributed by atoms with Crippen molar-refractivity contribution in [3.05, 3.63) is 36.6 Å².